The van der Waals surface area contributed by atoms with Crippen molar-refractivity contribution in [2.24, 2.45) is 0 Å². The maximum absolute atomic E-state index is 13.1. The fourth-order valence-electron chi connectivity index (χ4n) is 4.03. The quantitative estimate of drug-likeness (QED) is 0.430. The number of nitrogens with zero attached hydrogens (tertiary/aromatic N) is 2. The first-order valence-electron chi connectivity index (χ1n) is 11.7. The number of carbonyl (C=O) groups excluding carboxylic acids is 2. The third-order valence-electron chi connectivity index (χ3n) is 6.00. The molecule has 0 unspecified atom stereocenters. The molecule has 3 aromatic carbocycles. The highest BCUT2D eigenvalue weighted by Crippen LogP contribution is 2.18. The molecule has 4 rings (SSSR count). The number of para-hydroxylation sites is 3. The number of urea groups is 1. The van der Waals surface area contributed by atoms with E-state index in [1.165, 1.54) is 12.8 Å². The maximum atomic E-state index is 13.1. The van der Waals surface area contributed by atoms with E-state index in [-0.39, 0.29) is 11.9 Å². The molecule has 1 fully saturated rings. The van der Waals surface area contributed by atoms with Crippen LogP contribution in [-0.2, 0) is 6.54 Å². The summed E-state index contributed by atoms with van der Waals surface area (Å²) in [6, 6.07) is 23.8. The van der Waals surface area contributed by atoms with Crippen LogP contribution in [0.3, 0.4) is 0 Å². The first-order chi connectivity index (χ1) is 16.6. The molecule has 34 heavy (non-hydrogen) atoms. The van der Waals surface area contributed by atoms with E-state index >= 15 is 0 Å². The molecule has 0 radical (unpaired) electrons. The Morgan fingerprint density at radius 3 is 2.24 bits per heavy atom. The van der Waals surface area contributed by atoms with Crippen LogP contribution < -0.4 is 16.4 Å². The Labute approximate surface area is 200 Å². The number of benzene rings is 3. The second kappa shape index (κ2) is 11.3. The van der Waals surface area contributed by atoms with Gasteiger partial charge in [0.2, 0.25) is 0 Å². The van der Waals surface area contributed by atoms with E-state index in [9.17, 15) is 9.59 Å². The number of hydrogen-bond donors (Lipinski definition) is 3. The van der Waals surface area contributed by atoms with Crippen LogP contribution in [-0.4, -0.2) is 47.9 Å². The first-order valence-corrected chi connectivity index (χ1v) is 11.7. The lowest BCUT2D eigenvalue weighted by Gasteiger charge is -2.26. The Morgan fingerprint density at radius 2 is 1.53 bits per heavy atom. The van der Waals surface area contributed by atoms with Crippen molar-refractivity contribution < 1.29 is 9.59 Å². The molecule has 0 saturated carbocycles. The number of rotatable bonds is 8. The van der Waals surface area contributed by atoms with Crippen LogP contribution in [0, 0.1) is 0 Å². The Kier molecular flexibility index (Phi) is 7.78. The predicted molar refractivity (Wildman–Crippen MR) is 137 cm³/mol. The molecule has 0 spiro atoms. The van der Waals surface area contributed by atoms with E-state index < -0.39 is 0 Å². The van der Waals surface area contributed by atoms with E-state index in [0.29, 0.717) is 30.0 Å². The lowest BCUT2D eigenvalue weighted by atomic mass is 10.1. The number of hydrogen-bond acceptors (Lipinski definition) is 4. The summed E-state index contributed by atoms with van der Waals surface area (Å²) < 4.78 is 0. The minimum Gasteiger partial charge on any atom is -0.397 e. The van der Waals surface area contributed by atoms with Gasteiger partial charge in [-0.1, -0.05) is 42.5 Å². The van der Waals surface area contributed by atoms with Crippen LogP contribution in [0.25, 0.3) is 0 Å². The summed E-state index contributed by atoms with van der Waals surface area (Å²) in [5.41, 5.74) is 9.29. The lowest BCUT2D eigenvalue weighted by molar-refractivity contribution is 0.102. The number of nitrogens with two attached hydrogens (primary N) is 1. The highest BCUT2D eigenvalue weighted by molar-refractivity contribution is 6.05. The van der Waals surface area contributed by atoms with Crippen molar-refractivity contribution in [3.63, 3.8) is 0 Å². The van der Waals surface area contributed by atoms with E-state index in [1.807, 2.05) is 59.5 Å². The van der Waals surface area contributed by atoms with Crippen molar-refractivity contribution in [1.82, 2.24) is 9.80 Å². The van der Waals surface area contributed by atoms with Crippen molar-refractivity contribution in [2.45, 2.75) is 19.4 Å². The molecule has 3 aromatic rings. The number of carbonyl (C=O) groups is 2. The summed E-state index contributed by atoms with van der Waals surface area (Å²) in [5.74, 6) is -0.225. The van der Waals surface area contributed by atoms with Gasteiger partial charge in [-0.05, 0) is 67.9 Å². The molecule has 1 aliphatic heterocycles. The Morgan fingerprint density at radius 1 is 0.853 bits per heavy atom. The smallest absolute Gasteiger partial charge is 0.322 e. The molecule has 0 aromatic heterocycles. The SMILES string of the molecule is Nc1ccccc1NC(=O)c1ccc(CN(CCN2CCCC2)C(=O)Nc2ccccc2)cc1. The number of likely N-dealkylation sites (tertiary alicyclic amines) is 1. The van der Waals surface area contributed by atoms with Gasteiger partial charge in [-0.25, -0.2) is 4.79 Å². The zero-order chi connectivity index (χ0) is 23.8. The van der Waals surface area contributed by atoms with Crippen LogP contribution in [0.4, 0.5) is 21.9 Å². The van der Waals surface area contributed by atoms with Gasteiger partial charge in [-0.2, -0.15) is 0 Å². The first kappa shape index (κ1) is 23.3. The van der Waals surface area contributed by atoms with E-state index in [0.717, 1.165) is 30.9 Å². The molecule has 0 aliphatic carbocycles. The number of nitrogen functional groups attached to an aromatic ring is 1. The van der Waals surface area contributed by atoms with Gasteiger partial charge in [0.05, 0.1) is 11.4 Å². The van der Waals surface area contributed by atoms with Gasteiger partial charge in [-0.3, -0.25) is 4.79 Å². The Bertz CT molecular complexity index is 1100. The number of nitrogens with one attached hydrogen (secondary N) is 2. The molecule has 0 atom stereocenters. The van der Waals surface area contributed by atoms with Gasteiger partial charge < -0.3 is 26.2 Å². The van der Waals surface area contributed by atoms with E-state index in [4.69, 9.17) is 5.73 Å². The Hall–Kier alpha value is -3.84. The number of anilines is 3. The average molecular weight is 458 g/mol. The molecule has 0 bridgehead atoms. The third-order valence-corrected chi connectivity index (χ3v) is 6.00. The summed E-state index contributed by atoms with van der Waals surface area (Å²) in [5, 5.41) is 5.83. The minimum atomic E-state index is -0.225. The van der Waals surface area contributed by atoms with Crippen molar-refractivity contribution in [3.05, 3.63) is 90.0 Å². The second-order valence-corrected chi connectivity index (χ2v) is 8.50. The van der Waals surface area contributed by atoms with Gasteiger partial charge in [0.15, 0.2) is 0 Å². The monoisotopic (exact) mass is 457 g/mol. The standard InChI is InChI=1S/C27H31N5O2/c28-24-10-4-5-11-25(24)30-26(33)22-14-12-21(13-15-22)20-32(19-18-31-16-6-7-17-31)27(34)29-23-8-2-1-3-9-23/h1-5,8-15H,6-7,16-20,28H2,(H,29,34)(H,30,33). The van der Waals surface area contributed by atoms with Crippen LogP contribution in [0.5, 0.6) is 0 Å². The lowest BCUT2D eigenvalue weighted by Crippen LogP contribution is -2.40. The van der Waals surface area contributed by atoms with Crippen molar-refractivity contribution >= 4 is 29.0 Å². The van der Waals surface area contributed by atoms with Crippen LogP contribution in [0.2, 0.25) is 0 Å². The zero-order valence-corrected chi connectivity index (χ0v) is 19.2. The van der Waals surface area contributed by atoms with Crippen molar-refractivity contribution in [2.75, 3.05) is 42.5 Å². The topological polar surface area (TPSA) is 90.7 Å². The largest absolute Gasteiger partial charge is 0.397 e. The van der Waals surface area contributed by atoms with E-state index in [1.54, 1.807) is 24.3 Å². The molecule has 176 valence electrons. The maximum Gasteiger partial charge on any atom is 0.322 e. The molecular weight excluding hydrogens is 426 g/mol. The van der Waals surface area contributed by atoms with Gasteiger partial charge in [0, 0.05) is 30.9 Å². The summed E-state index contributed by atoms with van der Waals surface area (Å²) >= 11 is 0. The molecule has 7 nitrogen and oxygen atoms in total. The number of amides is 3. The molecular formula is C27H31N5O2. The summed E-state index contributed by atoms with van der Waals surface area (Å²) in [6.45, 7) is 4.11. The van der Waals surface area contributed by atoms with Gasteiger partial charge >= 0.3 is 6.03 Å². The Balaban J connectivity index is 1.41. The van der Waals surface area contributed by atoms with Crippen LogP contribution in [0.15, 0.2) is 78.9 Å². The molecule has 4 N–H and O–H groups in total. The third kappa shape index (κ3) is 6.36. The molecule has 7 heteroatoms. The zero-order valence-electron chi connectivity index (χ0n) is 19.2. The minimum absolute atomic E-state index is 0.133. The van der Waals surface area contributed by atoms with Crippen molar-refractivity contribution in [3.8, 4) is 0 Å². The molecule has 3 amide bonds. The van der Waals surface area contributed by atoms with Gasteiger partial charge in [-0.15, -0.1) is 0 Å². The molecule has 1 aliphatic rings. The average Bonchev–Trinajstić information content (AvgIpc) is 3.38. The fraction of sp³-hybridized carbons (Fsp3) is 0.259. The predicted octanol–water partition coefficient (Wildman–Crippen LogP) is 4.65. The summed E-state index contributed by atoms with van der Waals surface area (Å²) in [6.07, 6.45) is 2.43. The van der Waals surface area contributed by atoms with Gasteiger partial charge in [0.25, 0.3) is 5.91 Å². The van der Waals surface area contributed by atoms with Crippen LogP contribution >= 0.6 is 0 Å². The summed E-state index contributed by atoms with van der Waals surface area (Å²) in [7, 11) is 0. The van der Waals surface area contributed by atoms with Crippen molar-refractivity contribution in [1.29, 1.82) is 0 Å². The fourth-order valence-corrected chi connectivity index (χ4v) is 4.03. The van der Waals surface area contributed by atoms with E-state index in [2.05, 4.69) is 15.5 Å². The molecule has 1 saturated heterocycles. The highest BCUT2D eigenvalue weighted by Gasteiger charge is 2.18. The van der Waals surface area contributed by atoms with Crippen LogP contribution in [0.1, 0.15) is 28.8 Å². The van der Waals surface area contributed by atoms with Gasteiger partial charge in [0.1, 0.15) is 0 Å². The second-order valence-electron chi connectivity index (χ2n) is 8.50. The molecule has 1 heterocycles. The highest BCUT2D eigenvalue weighted by atomic mass is 16.2. The summed E-state index contributed by atoms with van der Waals surface area (Å²) in [4.78, 5) is 29.9. The normalized spacial score (nSPS) is 13.4.